The first-order chi connectivity index (χ1) is 4.63. The van der Waals surface area contributed by atoms with E-state index < -0.39 is 18.2 Å². The number of aliphatic hydroxyl groups excluding tert-OH is 2. The second kappa shape index (κ2) is 2.84. The Hall–Kier alpha value is -0.160. The Labute approximate surface area is 59.6 Å². The summed E-state index contributed by atoms with van der Waals surface area (Å²) in [7, 11) is 0. The maximum absolute atomic E-state index is 9.16. The molecule has 0 saturated carbocycles. The van der Waals surface area contributed by atoms with Gasteiger partial charge in [-0.25, -0.2) is 0 Å². The molecule has 0 aliphatic carbocycles. The minimum Gasteiger partial charge on any atom is -0.389 e. The van der Waals surface area contributed by atoms with Crippen molar-refractivity contribution in [2.75, 3.05) is 6.61 Å². The van der Waals surface area contributed by atoms with Gasteiger partial charge in [-0.15, -0.1) is 0 Å². The number of ether oxygens (including phenoxy) is 1. The van der Waals surface area contributed by atoms with Crippen LogP contribution >= 0.6 is 0 Å². The van der Waals surface area contributed by atoms with Crippen molar-refractivity contribution in [3.63, 3.8) is 0 Å². The van der Waals surface area contributed by atoms with Crippen molar-refractivity contribution in [3.8, 4) is 0 Å². The van der Waals surface area contributed by atoms with Gasteiger partial charge in [0.05, 0.1) is 24.9 Å². The van der Waals surface area contributed by atoms with Crippen LogP contribution in [-0.4, -0.2) is 41.2 Å². The van der Waals surface area contributed by atoms with Gasteiger partial charge in [-0.1, -0.05) is 0 Å². The van der Waals surface area contributed by atoms with Crippen LogP contribution in [0, 0.1) is 0 Å². The maximum Gasteiger partial charge on any atom is 0.105 e. The van der Waals surface area contributed by atoms with E-state index in [9.17, 15) is 0 Å². The molecule has 1 heterocycles. The molecule has 4 N–H and O–H groups in total. The summed E-state index contributed by atoms with van der Waals surface area (Å²) < 4.78 is 5.04. The molecule has 1 rings (SSSR count). The van der Waals surface area contributed by atoms with Crippen molar-refractivity contribution >= 4 is 0 Å². The Bertz CT molecular complexity index is 106. The molecule has 0 radical (unpaired) electrons. The van der Waals surface area contributed by atoms with Crippen LogP contribution in [0.1, 0.15) is 6.92 Å². The van der Waals surface area contributed by atoms with Gasteiger partial charge in [-0.05, 0) is 6.92 Å². The molecule has 1 saturated heterocycles. The quantitative estimate of drug-likeness (QED) is 0.388. The molecule has 4 nitrogen and oxygen atoms in total. The summed E-state index contributed by atoms with van der Waals surface area (Å²) in [6.45, 7) is 1.95. The molecular formula is C6H13NO3. The number of hydrogen-bond acceptors (Lipinski definition) is 4. The van der Waals surface area contributed by atoms with Gasteiger partial charge in [-0.2, -0.15) is 0 Å². The Morgan fingerprint density at radius 3 is 2.60 bits per heavy atom. The average molecular weight is 147 g/mol. The van der Waals surface area contributed by atoms with Crippen LogP contribution in [0.4, 0.5) is 0 Å². The first-order valence-electron chi connectivity index (χ1n) is 3.36. The molecular weight excluding hydrogens is 134 g/mol. The topological polar surface area (TPSA) is 75.7 Å². The fraction of sp³-hybridized carbons (Fsp3) is 1.00. The standard InChI is InChI=1S/C6H13NO3/c1-3-5(7)6(9)4(8)2-10-3/h3-6,8-9H,2,7H2,1H3/t3?,4-,5+,6?/m0/s1. The Kier molecular flexibility index (Phi) is 2.25. The molecule has 10 heavy (non-hydrogen) atoms. The number of hydrogen-bond donors (Lipinski definition) is 3. The fourth-order valence-electron chi connectivity index (χ4n) is 0.994. The zero-order valence-corrected chi connectivity index (χ0v) is 5.90. The minimum atomic E-state index is -0.844. The van der Waals surface area contributed by atoms with Gasteiger partial charge < -0.3 is 20.7 Å². The van der Waals surface area contributed by atoms with E-state index in [-0.39, 0.29) is 12.7 Å². The SMILES string of the molecule is CC1OC[C@H](O)C(O)[C@@H]1N. The van der Waals surface area contributed by atoms with Gasteiger partial charge in [0.25, 0.3) is 0 Å². The van der Waals surface area contributed by atoms with Gasteiger partial charge in [0.2, 0.25) is 0 Å². The Balaban J connectivity index is 2.52. The highest BCUT2D eigenvalue weighted by Crippen LogP contribution is 2.12. The molecule has 1 aliphatic heterocycles. The lowest BCUT2D eigenvalue weighted by atomic mass is 9.99. The zero-order valence-electron chi connectivity index (χ0n) is 5.90. The van der Waals surface area contributed by atoms with Crippen molar-refractivity contribution in [1.29, 1.82) is 0 Å². The van der Waals surface area contributed by atoms with Gasteiger partial charge in [-0.3, -0.25) is 0 Å². The third kappa shape index (κ3) is 1.29. The molecule has 0 amide bonds. The van der Waals surface area contributed by atoms with Crippen LogP contribution < -0.4 is 5.73 Å². The van der Waals surface area contributed by atoms with Crippen molar-refractivity contribution in [3.05, 3.63) is 0 Å². The van der Waals surface area contributed by atoms with Gasteiger partial charge in [0.15, 0.2) is 0 Å². The van der Waals surface area contributed by atoms with Crippen LogP contribution in [-0.2, 0) is 4.74 Å². The molecule has 1 aliphatic rings. The summed E-state index contributed by atoms with van der Waals surface area (Å²) >= 11 is 0. The molecule has 2 unspecified atom stereocenters. The average Bonchev–Trinajstić information content (AvgIpc) is 1.93. The second-order valence-electron chi connectivity index (χ2n) is 2.67. The monoisotopic (exact) mass is 147 g/mol. The highest BCUT2D eigenvalue weighted by Gasteiger charge is 2.33. The van der Waals surface area contributed by atoms with E-state index in [1.165, 1.54) is 0 Å². The van der Waals surface area contributed by atoms with E-state index >= 15 is 0 Å². The van der Waals surface area contributed by atoms with Crippen molar-refractivity contribution in [2.45, 2.75) is 31.3 Å². The predicted octanol–water partition coefficient (Wildman–Crippen LogP) is -1.55. The molecule has 60 valence electrons. The van der Waals surface area contributed by atoms with E-state index in [1.54, 1.807) is 6.92 Å². The number of aliphatic hydroxyl groups is 2. The Morgan fingerprint density at radius 1 is 1.50 bits per heavy atom. The van der Waals surface area contributed by atoms with E-state index in [4.69, 9.17) is 20.7 Å². The smallest absolute Gasteiger partial charge is 0.105 e. The van der Waals surface area contributed by atoms with Crippen molar-refractivity contribution in [2.24, 2.45) is 5.73 Å². The van der Waals surface area contributed by atoms with E-state index in [1.807, 2.05) is 0 Å². The molecule has 4 heteroatoms. The van der Waals surface area contributed by atoms with Crippen molar-refractivity contribution in [1.82, 2.24) is 0 Å². The van der Waals surface area contributed by atoms with Crippen LogP contribution in [0.5, 0.6) is 0 Å². The van der Waals surface area contributed by atoms with Crippen LogP contribution in [0.3, 0.4) is 0 Å². The lowest BCUT2D eigenvalue weighted by molar-refractivity contribution is -0.127. The van der Waals surface area contributed by atoms with E-state index in [0.717, 1.165) is 0 Å². The molecule has 1 fully saturated rings. The third-order valence-corrected chi connectivity index (χ3v) is 1.86. The summed E-state index contributed by atoms with van der Waals surface area (Å²) in [5.74, 6) is 0. The molecule has 0 bridgehead atoms. The third-order valence-electron chi connectivity index (χ3n) is 1.86. The van der Waals surface area contributed by atoms with Crippen LogP contribution in [0.15, 0.2) is 0 Å². The second-order valence-corrected chi connectivity index (χ2v) is 2.67. The van der Waals surface area contributed by atoms with Gasteiger partial charge in [0.1, 0.15) is 6.10 Å². The van der Waals surface area contributed by atoms with E-state index in [2.05, 4.69) is 0 Å². The molecule has 0 aromatic rings. The number of nitrogens with two attached hydrogens (primary N) is 1. The minimum absolute atomic E-state index is 0.168. The van der Waals surface area contributed by atoms with Gasteiger partial charge >= 0.3 is 0 Å². The van der Waals surface area contributed by atoms with E-state index in [0.29, 0.717) is 0 Å². The number of rotatable bonds is 0. The first-order valence-corrected chi connectivity index (χ1v) is 3.36. The summed E-state index contributed by atoms with van der Waals surface area (Å²) in [5, 5.41) is 18.2. The zero-order chi connectivity index (χ0) is 7.72. The Morgan fingerprint density at radius 2 is 2.10 bits per heavy atom. The summed E-state index contributed by atoms with van der Waals surface area (Å²) in [5.41, 5.74) is 5.48. The first kappa shape index (κ1) is 7.94. The fourth-order valence-corrected chi connectivity index (χ4v) is 0.994. The molecule has 4 atom stereocenters. The molecule has 0 aromatic carbocycles. The van der Waals surface area contributed by atoms with Crippen LogP contribution in [0.25, 0.3) is 0 Å². The summed E-state index contributed by atoms with van der Waals surface area (Å²) in [4.78, 5) is 0. The van der Waals surface area contributed by atoms with Crippen LogP contribution in [0.2, 0.25) is 0 Å². The lowest BCUT2D eigenvalue weighted by Gasteiger charge is -2.34. The predicted molar refractivity (Wildman–Crippen MR) is 35.4 cm³/mol. The highest BCUT2D eigenvalue weighted by molar-refractivity contribution is 4.87. The maximum atomic E-state index is 9.16. The molecule has 0 aromatic heterocycles. The lowest BCUT2D eigenvalue weighted by Crippen LogP contribution is -2.56. The highest BCUT2D eigenvalue weighted by atomic mass is 16.5. The summed E-state index contributed by atoms with van der Waals surface area (Å²) in [6, 6.07) is -0.469. The normalized spacial score (nSPS) is 49.2. The molecule has 0 spiro atoms. The summed E-state index contributed by atoms with van der Waals surface area (Å²) in [6.07, 6.45) is -1.84. The largest absolute Gasteiger partial charge is 0.389 e. The van der Waals surface area contributed by atoms with Gasteiger partial charge in [0, 0.05) is 0 Å². The van der Waals surface area contributed by atoms with Crippen molar-refractivity contribution < 1.29 is 14.9 Å².